The van der Waals surface area contributed by atoms with E-state index in [-0.39, 0.29) is 0 Å². The third-order valence-corrected chi connectivity index (χ3v) is 3.70. The van der Waals surface area contributed by atoms with Gasteiger partial charge in [0, 0.05) is 21.2 Å². The zero-order chi connectivity index (χ0) is 13.0. The molecule has 0 bridgehead atoms. The van der Waals surface area contributed by atoms with Gasteiger partial charge in [0.1, 0.15) is 0 Å². The van der Waals surface area contributed by atoms with Crippen molar-refractivity contribution in [3.05, 3.63) is 62.5 Å². The Balaban J connectivity index is 2.14. The van der Waals surface area contributed by atoms with E-state index in [0.29, 0.717) is 12.1 Å². The summed E-state index contributed by atoms with van der Waals surface area (Å²) in [5.74, 6) is 0. The quantitative estimate of drug-likeness (QED) is 0.855. The Hall–Kier alpha value is -1.31. The van der Waals surface area contributed by atoms with Gasteiger partial charge in [-0.2, -0.15) is 5.26 Å². The number of nitrogens with zero attached hydrogens (tertiary/aromatic N) is 1. The first-order chi connectivity index (χ1) is 8.69. The molecule has 0 radical (unpaired) electrons. The maximum atomic E-state index is 8.91. The molecule has 1 N–H and O–H groups in total. The van der Waals surface area contributed by atoms with Crippen LogP contribution in [0.3, 0.4) is 0 Å². The van der Waals surface area contributed by atoms with Crippen LogP contribution in [0, 0.1) is 11.3 Å². The summed E-state index contributed by atoms with van der Waals surface area (Å²) >= 11 is 6.90. The van der Waals surface area contributed by atoms with Gasteiger partial charge >= 0.3 is 0 Å². The van der Waals surface area contributed by atoms with Gasteiger partial charge in [0.05, 0.1) is 11.6 Å². The monoisotopic (exact) mass is 364 g/mol. The van der Waals surface area contributed by atoms with E-state index in [0.717, 1.165) is 14.6 Å². The van der Waals surface area contributed by atoms with Gasteiger partial charge in [-0.1, -0.05) is 50.1 Å². The molecule has 2 aromatic rings. The Kier molecular flexibility index (Phi) is 4.40. The fraction of sp³-hybridized carbons (Fsp3) is 0.0714. The summed E-state index contributed by atoms with van der Waals surface area (Å²) in [6.45, 7) is 0.711. The van der Waals surface area contributed by atoms with Gasteiger partial charge < -0.3 is 5.32 Å². The van der Waals surface area contributed by atoms with Crippen molar-refractivity contribution in [2.45, 2.75) is 6.54 Å². The van der Waals surface area contributed by atoms with E-state index in [1.807, 2.05) is 30.3 Å². The molecule has 2 nitrogen and oxygen atoms in total. The second-order valence-electron chi connectivity index (χ2n) is 3.79. The molecule has 0 aromatic heterocycles. The standard InChI is InChI=1S/C14H10Br2N2/c15-12-5-10(8-17)6-13(7-12)18-9-11-3-1-2-4-14(11)16/h1-7,18H,9H2. The minimum atomic E-state index is 0.638. The van der Waals surface area contributed by atoms with Crippen LogP contribution in [0.2, 0.25) is 0 Å². The molecule has 90 valence electrons. The zero-order valence-corrected chi connectivity index (χ0v) is 12.6. The molecule has 0 aliphatic carbocycles. The van der Waals surface area contributed by atoms with Crippen LogP contribution in [0.1, 0.15) is 11.1 Å². The van der Waals surface area contributed by atoms with Crippen molar-refractivity contribution < 1.29 is 0 Å². The highest BCUT2D eigenvalue weighted by atomic mass is 79.9. The summed E-state index contributed by atoms with van der Waals surface area (Å²) in [6.07, 6.45) is 0. The Morgan fingerprint density at radius 3 is 2.61 bits per heavy atom. The average molecular weight is 366 g/mol. The molecular weight excluding hydrogens is 356 g/mol. The molecule has 0 heterocycles. The predicted octanol–water partition coefficient (Wildman–Crippen LogP) is 4.70. The number of hydrogen-bond donors (Lipinski definition) is 1. The van der Waals surface area contributed by atoms with Crippen LogP contribution in [-0.2, 0) is 6.54 Å². The summed E-state index contributed by atoms with van der Waals surface area (Å²) in [4.78, 5) is 0. The zero-order valence-electron chi connectivity index (χ0n) is 9.45. The van der Waals surface area contributed by atoms with Gasteiger partial charge in [0.2, 0.25) is 0 Å². The highest BCUT2D eigenvalue weighted by Gasteiger charge is 2.01. The summed E-state index contributed by atoms with van der Waals surface area (Å²) in [5.41, 5.74) is 2.74. The van der Waals surface area contributed by atoms with Crippen LogP contribution in [-0.4, -0.2) is 0 Å². The number of nitrogens with one attached hydrogen (secondary N) is 1. The number of nitriles is 1. The lowest BCUT2D eigenvalue weighted by atomic mass is 10.2. The Bertz CT molecular complexity index is 603. The topological polar surface area (TPSA) is 35.8 Å². The lowest BCUT2D eigenvalue weighted by Gasteiger charge is -2.09. The summed E-state index contributed by atoms with van der Waals surface area (Å²) < 4.78 is 1.98. The van der Waals surface area contributed by atoms with Crippen LogP contribution < -0.4 is 5.32 Å². The number of anilines is 1. The van der Waals surface area contributed by atoms with Gasteiger partial charge in [-0.05, 0) is 29.8 Å². The van der Waals surface area contributed by atoms with Gasteiger partial charge in [-0.3, -0.25) is 0 Å². The van der Waals surface area contributed by atoms with E-state index in [2.05, 4.69) is 49.3 Å². The number of rotatable bonds is 3. The van der Waals surface area contributed by atoms with Crippen LogP contribution in [0.4, 0.5) is 5.69 Å². The lowest BCUT2D eigenvalue weighted by Crippen LogP contribution is -2.00. The first-order valence-electron chi connectivity index (χ1n) is 5.37. The molecule has 0 aliphatic rings. The maximum absolute atomic E-state index is 8.91. The molecule has 0 spiro atoms. The van der Waals surface area contributed by atoms with E-state index in [4.69, 9.17) is 5.26 Å². The molecule has 0 amide bonds. The predicted molar refractivity (Wildman–Crippen MR) is 80.3 cm³/mol. The minimum absolute atomic E-state index is 0.638. The second kappa shape index (κ2) is 6.03. The summed E-state index contributed by atoms with van der Waals surface area (Å²) in [6, 6.07) is 15.8. The first kappa shape index (κ1) is 13.1. The smallest absolute Gasteiger partial charge is 0.0992 e. The van der Waals surface area contributed by atoms with E-state index in [1.165, 1.54) is 5.56 Å². The van der Waals surface area contributed by atoms with E-state index >= 15 is 0 Å². The van der Waals surface area contributed by atoms with Crippen molar-refractivity contribution in [3.63, 3.8) is 0 Å². The molecule has 0 aliphatic heterocycles. The molecule has 0 atom stereocenters. The summed E-state index contributed by atoms with van der Waals surface area (Å²) in [5, 5.41) is 12.2. The highest BCUT2D eigenvalue weighted by molar-refractivity contribution is 9.10. The number of hydrogen-bond acceptors (Lipinski definition) is 2. The largest absolute Gasteiger partial charge is 0.381 e. The minimum Gasteiger partial charge on any atom is -0.381 e. The molecule has 2 aromatic carbocycles. The van der Waals surface area contributed by atoms with Crippen molar-refractivity contribution in [3.8, 4) is 6.07 Å². The van der Waals surface area contributed by atoms with Crippen LogP contribution in [0.15, 0.2) is 51.4 Å². The van der Waals surface area contributed by atoms with E-state index in [9.17, 15) is 0 Å². The molecule has 2 rings (SSSR count). The second-order valence-corrected chi connectivity index (χ2v) is 5.56. The third-order valence-electron chi connectivity index (χ3n) is 2.47. The highest BCUT2D eigenvalue weighted by Crippen LogP contribution is 2.21. The molecular formula is C14H10Br2N2. The van der Waals surface area contributed by atoms with E-state index in [1.54, 1.807) is 6.07 Å². The number of benzene rings is 2. The first-order valence-corrected chi connectivity index (χ1v) is 6.95. The molecule has 0 unspecified atom stereocenters. The Morgan fingerprint density at radius 2 is 1.89 bits per heavy atom. The number of halogens is 2. The molecule has 0 saturated carbocycles. The third kappa shape index (κ3) is 3.34. The van der Waals surface area contributed by atoms with Crippen LogP contribution >= 0.6 is 31.9 Å². The Morgan fingerprint density at radius 1 is 1.11 bits per heavy atom. The van der Waals surface area contributed by atoms with E-state index < -0.39 is 0 Å². The normalized spacial score (nSPS) is 9.83. The van der Waals surface area contributed by atoms with Crippen LogP contribution in [0.25, 0.3) is 0 Å². The van der Waals surface area contributed by atoms with Crippen molar-refractivity contribution in [2.75, 3.05) is 5.32 Å². The van der Waals surface area contributed by atoms with Crippen molar-refractivity contribution in [1.82, 2.24) is 0 Å². The molecule has 0 fully saturated rings. The molecule has 18 heavy (non-hydrogen) atoms. The molecule has 4 heteroatoms. The van der Waals surface area contributed by atoms with Crippen molar-refractivity contribution in [1.29, 1.82) is 5.26 Å². The van der Waals surface area contributed by atoms with Gasteiger partial charge in [-0.25, -0.2) is 0 Å². The van der Waals surface area contributed by atoms with Gasteiger partial charge in [-0.15, -0.1) is 0 Å². The Labute approximate surface area is 123 Å². The summed E-state index contributed by atoms with van der Waals surface area (Å²) in [7, 11) is 0. The van der Waals surface area contributed by atoms with Crippen LogP contribution in [0.5, 0.6) is 0 Å². The van der Waals surface area contributed by atoms with Gasteiger partial charge in [0.15, 0.2) is 0 Å². The van der Waals surface area contributed by atoms with Crippen molar-refractivity contribution >= 4 is 37.5 Å². The lowest BCUT2D eigenvalue weighted by molar-refractivity contribution is 1.14. The average Bonchev–Trinajstić information content (AvgIpc) is 2.37. The van der Waals surface area contributed by atoms with Crippen molar-refractivity contribution in [2.24, 2.45) is 0 Å². The molecule has 0 saturated heterocycles. The SMILES string of the molecule is N#Cc1cc(Br)cc(NCc2ccccc2Br)c1. The fourth-order valence-corrected chi connectivity index (χ4v) is 2.51. The maximum Gasteiger partial charge on any atom is 0.0992 e. The fourth-order valence-electron chi connectivity index (χ4n) is 1.60. The van der Waals surface area contributed by atoms with Gasteiger partial charge in [0.25, 0.3) is 0 Å².